The fourth-order valence-electron chi connectivity index (χ4n) is 7.34. The Kier molecular flexibility index (Phi) is 5.16. The van der Waals surface area contributed by atoms with Gasteiger partial charge in [-0.1, -0.05) is 50.1 Å². The molecular formula is C26H36O4. The lowest BCUT2D eigenvalue weighted by Crippen LogP contribution is -2.55. The number of carbonyl (C=O) groups excluding carboxylic acids is 2. The molecule has 4 heteroatoms. The standard InChI is InChI=1S/C26H36O4/c1-16(6-11-22(28)30-5)19-9-10-20-18-8-7-17-14-24(2,29)12-13-25(17,3)23(18)21(27)15-26(19,20)4/h6-7,9,11,16,18,20,23,29H,8,10,12-15H2,1-5H3/b11-6+/t16-,18+,20+,23-,24+,25+,26-/m1/s1. The highest BCUT2D eigenvalue weighted by Crippen LogP contribution is 2.65. The van der Waals surface area contributed by atoms with Gasteiger partial charge in [0.05, 0.1) is 12.7 Å². The van der Waals surface area contributed by atoms with Crippen molar-refractivity contribution in [3.63, 3.8) is 0 Å². The molecule has 7 atom stereocenters. The Morgan fingerprint density at radius 3 is 2.60 bits per heavy atom. The molecule has 0 saturated heterocycles. The fraction of sp³-hybridized carbons (Fsp3) is 0.692. The van der Waals surface area contributed by atoms with Gasteiger partial charge in [0.2, 0.25) is 0 Å². The Balaban J connectivity index is 1.62. The molecule has 0 aromatic heterocycles. The molecule has 0 aromatic carbocycles. The van der Waals surface area contributed by atoms with Crippen LogP contribution in [0.2, 0.25) is 0 Å². The van der Waals surface area contributed by atoms with Crippen LogP contribution in [0.25, 0.3) is 0 Å². The second kappa shape index (κ2) is 7.19. The van der Waals surface area contributed by atoms with Crippen molar-refractivity contribution in [2.75, 3.05) is 7.11 Å². The number of esters is 1. The Bertz CT molecular complexity index is 847. The lowest BCUT2D eigenvalue weighted by atomic mass is 9.46. The summed E-state index contributed by atoms with van der Waals surface area (Å²) in [5.74, 6) is 1.05. The average Bonchev–Trinajstić information content (AvgIpc) is 3.02. The third-order valence-electron chi connectivity index (χ3n) is 8.93. The van der Waals surface area contributed by atoms with Gasteiger partial charge in [-0.3, -0.25) is 4.79 Å². The number of allylic oxidation sites excluding steroid dienone is 4. The summed E-state index contributed by atoms with van der Waals surface area (Å²) in [5.41, 5.74) is 1.71. The minimum absolute atomic E-state index is 0.0698. The molecule has 0 radical (unpaired) electrons. The van der Waals surface area contributed by atoms with Gasteiger partial charge in [-0.2, -0.15) is 0 Å². The zero-order valence-corrected chi connectivity index (χ0v) is 19.0. The molecule has 0 unspecified atom stereocenters. The largest absolute Gasteiger partial charge is 0.466 e. The Morgan fingerprint density at radius 2 is 1.90 bits per heavy atom. The molecule has 0 bridgehead atoms. The van der Waals surface area contributed by atoms with Crippen LogP contribution in [-0.2, 0) is 14.3 Å². The van der Waals surface area contributed by atoms with E-state index in [1.54, 1.807) is 0 Å². The van der Waals surface area contributed by atoms with Crippen molar-refractivity contribution in [3.8, 4) is 0 Å². The summed E-state index contributed by atoms with van der Waals surface area (Å²) in [5, 5.41) is 10.6. The maximum absolute atomic E-state index is 13.7. The van der Waals surface area contributed by atoms with E-state index in [1.165, 1.54) is 24.3 Å². The number of rotatable bonds is 3. The smallest absolute Gasteiger partial charge is 0.330 e. The average molecular weight is 413 g/mol. The summed E-state index contributed by atoms with van der Waals surface area (Å²) in [6.45, 7) is 8.57. The van der Waals surface area contributed by atoms with Crippen molar-refractivity contribution < 1.29 is 19.4 Å². The lowest BCUT2D eigenvalue weighted by Gasteiger charge is -2.57. The molecule has 4 rings (SSSR count). The van der Waals surface area contributed by atoms with Gasteiger partial charge in [-0.05, 0) is 67.6 Å². The van der Waals surface area contributed by atoms with Gasteiger partial charge in [0.15, 0.2) is 0 Å². The fourth-order valence-corrected chi connectivity index (χ4v) is 7.34. The van der Waals surface area contributed by atoms with Gasteiger partial charge >= 0.3 is 5.97 Å². The summed E-state index contributed by atoms with van der Waals surface area (Å²) in [4.78, 5) is 25.2. The van der Waals surface area contributed by atoms with E-state index >= 15 is 0 Å². The molecular weight excluding hydrogens is 376 g/mol. The van der Waals surface area contributed by atoms with Crippen LogP contribution in [0.5, 0.6) is 0 Å². The lowest BCUT2D eigenvalue weighted by molar-refractivity contribution is -0.143. The number of methoxy groups -OCH3 is 1. The van der Waals surface area contributed by atoms with Crippen molar-refractivity contribution >= 4 is 11.8 Å². The van der Waals surface area contributed by atoms with Gasteiger partial charge in [-0.25, -0.2) is 4.79 Å². The summed E-state index contributed by atoms with van der Waals surface area (Å²) in [6.07, 6.45) is 13.0. The topological polar surface area (TPSA) is 63.6 Å². The number of carbonyl (C=O) groups is 2. The summed E-state index contributed by atoms with van der Waals surface area (Å²) < 4.78 is 4.74. The number of Topliss-reactive ketones (excluding diaryl/α,β-unsaturated/α-hetero) is 1. The monoisotopic (exact) mass is 412 g/mol. The van der Waals surface area contributed by atoms with E-state index in [2.05, 4.69) is 32.9 Å². The molecule has 1 N–H and O–H groups in total. The molecule has 4 aliphatic carbocycles. The van der Waals surface area contributed by atoms with E-state index < -0.39 is 5.60 Å². The third-order valence-corrected chi connectivity index (χ3v) is 8.93. The third kappa shape index (κ3) is 3.23. The number of ether oxygens (including phenoxy) is 1. The molecule has 2 fully saturated rings. The number of fused-ring (bicyclic) bond motifs is 5. The van der Waals surface area contributed by atoms with Crippen LogP contribution in [0.1, 0.15) is 66.2 Å². The maximum Gasteiger partial charge on any atom is 0.330 e. The second-order valence-electron chi connectivity index (χ2n) is 10.9. The summed E-state index contributed by atoms with van der Waals surface area (Å²) >= 11 is 0. The molecule has 2 saturated carbocycles. The first-order chi connectivity index (χ1) is 14.0. The summed E-state index contributed by atoms with van der Waals surface area (Å²) in [6, 6.07) is 0. The SMILES string of the molecule is COC(=O)/C=C/[C@@H](C)C1=CC[C@H]2[C@@H]3CC=C4C[C@@](C)(O)CC[C@]4(C)[C@H]3C(=O)C[C@]12C. The first-order valence-corrected chi connectivity index (χ1v) is 11.4. The van der Waals surface area contributed by atoms with Crippen LogP contribution in [0.3, 0.4) is 0 Å². The zero-order chi connectivity index (χ0) is 21.9. The van der Waals surface area contributed by atoms with Crippen LogP contribution in [0.15, 0.2) is 35.5 Å². The normalized spacial score (nSPS) is 43.9. The highest BCUT2D eigenvalue weighted by atomic mass is 16.5. The van der Waals surface area contributed by atoms with Crippen molar-refractivity contribution in [1.82, 2.24) is 0 Å². The van der Waals surface area contributed by atoms with Gasteiger partial charge in [-0.15, -0.1) is 0 Å². The molecule has 0 aliphatic heterocycles. The van der Waals surface area contributed by atoms with Crippen molar-refractivity contribution in [2.24, 2.45) is 34.5 Å². The van der Waals surface area contributed by atoms with Crippen molar-refractivity contribution in [1.29, 1.82) is 0 Å². The second-order valence-corrected chi connectivity index (χ2v) is 10.9. The Labute approximate surface area is 180 Å². The predicted octanol–water partition coefficient (Wildman–Crippen LogP) is 4.78. The van der Waals surface area contributed by atoms with Crippen molar-refractivity contribution in [2.45, 2.75) is 71.8 Å². The van der Waals surface area contributed by atoms with E-state index in [-0.39, 0.29) is 28.6 Å². The molecule has 0 amide bonds. The van der Waals surface area contributed by atoms with Crippen LogP contribution < -0.4 is 0 Å². The van der Waals surface area contributed by atoms with E-state index in [0.717, 1.165) is 25.7 Å². The summed E-state index contributed by atoms with van der Waals surface area (Å²) in [7, 11) is 1.39. The van der Waals surface area contributed by atoms with E-state index in [4.69, 9.17) is 4.74 Å². The minimum atomic E-state index is -0.645. The highest BCUT2D eigenvalue weighted by molar-refractivity contribution is 5.86. The molecule has 4 nitrogen and oxygen atoms in total. The zero-order valence-electron chi connectivity index (χ0n) is 19.0. The Morgan fingerprint density at radius 1 is 1.17 bits per heavy atom. The number of ketones is 1. The first-order valence-electron chi connectivity index (χ1n) is 11.4. The van der Waals surface area contributed by atoms with Crippen LogP contribution in [-0.4, -0.2) is 29.6 Å². The quantitative estimate of drug-likeness (QED) is 0.412. The van der Waals surface area contributed by atoms with Crippen molar-refractivity contribution in [3.05, 3.63) is 35.5 Å². The maximum atomic E-state index is 13.7. The molecule has 164 valence electrons. The van der Waals surface area contributed by atoms with E-state index in [9.17, 15) is 14.7 Å². The molecule has 30 heavy (non-hydrogen) atoms. The van der Waals surface area contributed by atoms with Crippen LogP contribution in [0.4, 0.5) is 0 Å². The molecule has 0 heterocycles. The predicted molar refractivity (Wildman–Crippen MR) is 117 cm³/mol. The molecule has 0 spiro atoms. The minimum Gasteiger partial charge on any atom is -0.466 e. The van der Waals surface area contributed by atoms with Crippen LogP contribution in [0, 0.1) is 34.5 Å². The van der Waals surface area contributed by atoms with E-state index in [1.807, 2.05) is 13.0 Å². The van der Waals surface area contributed by atoms with Crippen LogP contribution >= 0.6 is 0 Å². The number of hydrogen-bond acceptors (Lipinski definition) is 4. The van der Waals surface area contributed by atoms with E-state index in [0.29, 0.717) is 30.5 Å². The highest BCUT2D eigenvalue weighted by Gasteiger charge is 2.60. The molecule has 4 aliphatic rings. The van der Waals surface area contributed by atoms with Gasteiger partial charge in [0.1, 0.15) is 5.78 Å². The number of aliphatic hydroxyl groups is 1. The number of hydrogen-bond donors (Lipinski definition) is 1. The van der Waals surface area contributed by atoms with Gasteiger partial charge in [0.25, 0.3) is 0 Å². The Hall–Kier alpha value is -1.68. The first kappa shape index (κ1) is 21.5. The molecule has 0 aromatic rings. The van der Waals surface area contributed by atoms with Gasteiger partial charge < -0.3 is 9.84 Å². The van der Waals surface area contributed by atoms with Gasteiger partial charge in [0, 0.05) is 18.4 Å².